The fraction of sp³-hybridized carbons (Fsp3) is 0.345. The van der Waals surface area contributed by atoms with E-state index in [0.29, 0.717) is 36.1 Å². The number of aryl methyl sites for hydroxylation is 1. The zero-order chi connectivity index (χ0) is 26.0. The molecule has 0 unspecified atom stereocenters. The Hall–Kier alpha value is -3.91. The molecule has 1 saturated heterocycles. The average molecular weight is 501 g/mol. The van der Waals surface area contributed by atoms with E-state index < -0.39 is 0 Å². The van der Waals surface area contributed by atoms with Gasteiger partial charge in [-0.1, -0.05) is 30.4 Å². The lowest BCUT2D eigenvalue weighted by molar-refractivity contribution is -0.117. The first-order valence-electron chi connectivity index (χ1n) is 12.8. The number of hydrogen-bond acceptors (Lipinski definition) is 5. The number of piperidine rings is 1. The predicted molar refractivity (Wildman–Crippen MR) is 148 cm³/mol. The van der Waals surface area contributed by atoms with E-state index in [1.165, 1.54) is 0 Å². The van der Waals surface area contributed by atoms with Gasteiger partial charge in [-0.25, -0.2) is 9.98 Å². The first kappa shape index (κ1) is 26.2. The van der Waals surface area contributed by atoms with Gasteiger partial charge in [0.15, 0.2) is 11.7 Å². The van der Waals surface area contributed by atoms with Gasteiger partial charge < -0.3 is 25.7 Å². The zero-order valence-corrected chi connectivity index (χ0v) is 21.6. The number of nitrogens with two attached hydrogens (primary N) is 1. The molecule has 0 saturated carbocycles. The van der Waals surface area contributed by atoms with Crippen LogP contribution in [0, 0.1) is 0 Å². The summed E-state index contributed by atoms with van der Waals surface area (Å²) in [7, 11) is 3.60. The molecule has 0 bridgehead atoms. The molecule has 2 aliphatic rings. The molecular formula is C29H36N6O2. The number of ether oxygens (including phenoxy) is 1. The molecule has 0 atom stereocenters. The molecule has 0 spiro atoms. The van der Waals surface area contributed by atoms with Crippen LogP contribution in [0.5, 0.6) is 5.75 Å². The van der Waals surface area contributed by atoms with Crippen LogP contribution in [-0.2, 0) is 18.3 Å². The minimum atomic E-state index is -0.0900. The smallest absolute Gasteiger partial charge is 0.251 e. The van der Waals surface area contributed by atoms with Gasteiger partial charge in [-0.2, -0.15) is 0 Å². The van der Waals surface area contributed by atoms with Crippen molar-refractivity contribution in [2.75, 3.05) is 26.7 Å². The van der Waals surface area contributed by atoms with Crippen molar-refractivity contribution in [2.24, 2.45) is 17.8 Å². The van der Waals surface area contributed by atoms with E-state index in [1.54, 1.807) is 13.3 Å². The Morgan fingerprint density at radius 2 is 2.05 bits per heavy atom. The lowest BCUT2D eigenvalue weighted by Crippen LogP contribution is -2.26. The summed E-state index contributed by atoms with van der Waals surface area (Å²) in [4.78, 5) is 21.8. The molecule has 1 amide bonds. The molecular weight excluding hydrogens is 464 g/mol. The Morgan fingerprint density at radius 3 is 2.81 bits per heavy atom. The van der Waals surface area contributed by atoms with E-state index >= 15 is 0 Å². The number of aromatic nitrogens is 2. The van der Waals surface area contributed by atoms with Gasteiger partial charge in [0.05, 0.1) is 12.8 Å². The van der Waals surface area contributed by atoms with Crippen LogP contribution in [0.1, 0.15) is 42.3 Å². The van der Waals surface area contributed by atoms with E-state index in [0.717, 1.165) is 54.9 Å². The van der Waals surface area contributed by atoms with Gasteiger partial charge in [-0.15, -0.1) is 0 Å². The third-order valence-electron chi connectivity index (χ3n) is 6.63. The number of amidine groups is 1. The lowest BCUT2D eigenvalue weighted by atomic mass is 9.95. The topological polar surface area (TPSA) is 107 Å². The summed E-state index contributed by atoms with van der Waals surface area (Å²) in [6.45, 7) is 2.61. The third kappa shape index (κ3) is 7.30. The predicted octanol–water partition coefficient (Wildman–Crippen LogP) is 3.29. The number of amides is 1. The van der Waals surface area contributed by atoms with Gasteiger partial charge in [-0.3, -0.25) is 4.79 Å². The van der Waals surface area contributed by atoms with Crippen molar-refractivity contribution in [1.82, 2.24) is 20.2 Å². The minimum absolute atomic E-state index is 0.0900. The van der Waals surface area contributed by atoms with Crippen molar-refractivity contribution in [1.29, 1.82) is 0 Å². The first-order valence-corrected chi connectivity index (χ1v) is 12.8. The monoisotopic (exact) mass is 500 g/mol. The molecule has 194 valence electrons. The highest BCUT2D eigenvalue weighted by Gasteiger charge is 2.19. The van der Waals surface area contributed by atoms with Gasteiger partial charge in [0, 0.05) is 37.5 Å². The Balaban J connectivity index is 1.31. The summed E-state index contributed by atoms with van der Waals surface area (Å²) in [5, 5.41) is 6.38. The second-order valence-electron chi connectivity index (χ2n) is 9.28. The largest absolute Gasteiger partial charge is 0.497 e. The fourth-order valence-corrected chi connectivity index (χ4v) is 4.44. The fourth-order valence-electron chi connectivity index (χ4n) is 4.44. The number of rotatable bonds is 9. The Labute approximate surface area is 218 Å². The molecule has 1 fully saturated rings. The van der Waals surface area contributed by atoms with Crippen LogP contribution in [0.3, 0.4) is 0 Å². The van der Waals surface area contributed by atoms with E-state index in [9.17, 15) is 4.79 Å². The summed E-state index contributed by atoms with van der Waals surface area (Å²) < 4.78 is 7.13. The lowest BCUT2D eigenvalue weighted by Gasteiger charge is -2.20. The van der Waals surface area contributed by atoms with Crippen molar-refractivity contribution >= 4 is 11.7 Å². The summed E-state index contributed by atoms with van der Waals surface area (Å²) >= 11 is 0. The molecule has 2 aromatic rings. The highest BCUT2D eigenvalue weighted by atomic mass is 16.5. The van der Waals surface area contributed by atoms with Crippen LogP contribution in [0.25, 0.3) is 0 Å². The Morgan fingerprint density at radius 1 is 1.27 bits per heavy atom. The second-order valence-corrected chi connectivity index (χ2v) is 9.28. The number of hydrogen-bond donors (Lipinski definition) is 3. The molecule has 8 heteroatoms. The number of aliphatic imine (C=N–C) groups is 1. The quantitative estimate of drug-likeness (QED) is 0.362. The van der Waals surface area contributed by atoms with Crippen LogP contribution in [0.4, 0.5) is 0 Å². The number of benzene rings is 1. The van der Waals surface area contributed by atoms with Crippen LogP contribution in [0.15, 0.2) is 83.2 Å². The summed E-state index contributed by atoms with van der Waals surface area (Å²) in [6, 6.07) is 7.86. The maximum Gasteiger partial charge on any atom is 0.251 e. The second kappa shape index (κ2) is 12.9. The number of carbonyl (C=O) groups is 1. The molecule has 1 aromatic heterocycles. The standard InChI is InChI=1S/C29H36N6O2/c1-35-20-26(23-14-16-31-17-15-23)34-28(35)27(30)32-18-12-21-4-3-5-24(9-6-21)29(36)33-19-13-22-7-10-25(37-2)11-8-22/h3,5-12,18,20,23,31H,4,13-17,19H2,1-2H3,(H2,30,32)(H,33,36)/b18-12+. The van der Waals surface area contributed by atoms with E-state index in [1.807, 2.05) is 66.3 Å². The van der Waals surface area contributed by atoms with Crippen molar-refractivity contribution in [3.8, 4) is 5.75 Å². The van der Waals surface area contributed by atoms with Crippen LogP contribution in [-0.4, -0.2) is 48.0 Å². The summed E-state index contributed by atoms with van der Waals surface area (Å²) in [5.41, 5.74) is 10.1. The highest BCUT2D eigenvalue weighted by Crippen LogP contribution is 2.24. The van der Waals surface area contributed by atoms with Crippen molar-refractivity contribution in [2.45, 2.75) is 31.6 Å². The zero-order valence-electron chi connectivity index (χ0n) is 21.6. The van der Waals surface area contributed by atoms with Gasteiger partial charge in [0.25, 0.3) is 5.91 Å². The number of imidazole rings is 1. The molecule has 8 nitrogen and oxygen atoms in total. The highest BCUT2D eigenvalue weighted by molar-refractivity contribution is 5.96. The van der Waals surface area contributed by atoms with E-state index in [2.05, 4.69) is 21.8 Å². The molecule has 0 radical (unpaired) electrons. The number of allylic oxidation sites excluding steroid dienone is 5. The third-order valence-corrected chi connectivity index (χ3v) is 6.63. The molecule has 37 heavy (non-hydrogen) atoms. The van der Waals surface area contributed by atoms with E-state index in [4.69, 9.17) is 15.5 Å². The van der Waals surface area contributed by atoms with E-state index in [-0.39, 0.29) is 5.91 Å². The van der Waals surface area contributed by atoms with Crippen LogP contribution >= 0.6 is 0 Å². The Bertz CT molecular complexity index is 1230. The molecule has 4 rings (SSSR count). The van der Waals surface area contributed by atoms with Crippen LogP contribution in [0.2, 0.25) is 0 Å². The van der Waals surface area contributed by atoms with Gasteiger partial charge in [0.1, 0.15) is 5.75 Å². The number of nitrogens with one attached hydrogen (secondary N) is 2. The minimum Gasteiger partial charge on any atom is -0.497 e. The maximum absolute atomic E-state index is 12.6. The number of carbonyl (C=O) groups excluding carboxylic acids is 1. The SMILES string of the molecule is COc1ccc(CCNC(=O)C2=CC=C(/C=C/N=C(N)c3nc(C4CCNCC4)cn3C)CC=C2)cc1. The number of methoxy groups -OCH3 is 1. The average Bonchev–Trinajstić information content (AvgIpc) is 3.16. The van der Waals surface area contributed by atoms with Crippen molar-refractivity contribution in [3.63, 3.8) is 0 Å². The van der Waals surface area contributed by atoms with Crippen LogP contribution < -0.4 is 21.1 Å². The molecule has 2 heterocycles. The summed E-state index contributed by atoms with van der Waals surface area (Å²) in [6.07, 6.45) is 16.9. The normalized spacial score (nSPS) is 16.9. The Kier molecular flexibility index (Phi) is 9.10. The van der Waals surface area contributed by atoms with Gasteiger partial charge in [-0.05, 0) is 74.2 Å². The molecule has 1 aliphatic heterocycles. The molecule has 1 aliphatic carbocycles. The number of nitrogens with zero attached hydrogens (tertiary/aromatic N) is 3. The van der Waals surface area contributed by atoms with Crippen molar-refractivity contribution in [3.05, 3.63) is 95.3 Å². The molecule has 1 aromatic carbocycles. The van der Waals surface area contributed by atoms with Gasteiger partial charge in [0.2, 0.25) is 0 Å². The maximum atomic E-state index is 12.6. The van der Waals surface area contributed by atoms with Gasteiger partial charge >= 0.3 is 0 Å². The first-order chi connectivity index (χ1) is 18.0. The van der Waals surface area contributed by atoms with Crippen molar-refractivity contribution < 1.29 is 9.53 Å². The summed E-state index contributed by atoms with van der Waals surface area (Å²) in [5.74, 6) is 2.27. The molecule has 4 N–H and O–H groups in total.